The summed E-state index contributed by atoms with van der Waals surface area (Å²) in [6.45, 7) is 2.66. The van der Waals surface area contributed by atoms with E-state index in [4.69, 9.17) is 0 Å². The smallest absolute Gasteiger partial charge is 0.324 e. The van der Waals surface area contributed by atoms with E-state index in [1.807, 2.05) is 9.80 Å². The number of hydrogen-bond acceptors (Lipinski definition) is 4. The third kappa shape index (κ3) is 3.74. The van der Waals surface area contributed by atoms with Crippen LogP contribution < -0.4 is 0 Å². The Balaban J connectivity index is 1.10. The van der Waals surface area contributed by atoms with Crippen molar-refractivity contribution < 1.29 is 22.4 Å². The highest BCUT2D eigenvalue weighted by molar-refractivity contribution is 5.76. The highest BCUT2D eigenvalue weighted by atomic mass is 19.4. The van der Waals surface area contributed by atoms with Crippen LogP contribution in [0, 0.1) is 17.2 Å². The first-order valence-electron chi connectivity index (χ1n) is 10.3. The molecular weight excluding hydrogens is 416 g/mol. The molecule has 7 nitrogen and oxygen atoms in total. The SMILES string of the molecule is O=C(N1CC[C@H](c2ncn[nH]2)C1)N1CC2(CC(Cc3ncc(C(F)(F)F)cc3F)C2)C1. The van der Waals surface area contributed by atoms with Gasteiger partial charge >= 0.3 is 12.2 Å². The molecule has 2 aliphatic heterocycles. The number of nitrogens with zero attached hydrogens (tertiary/aromatic N) is 5. The molecule has 4 heterocycles. The van der Waals surface area contributed by atoms with Crippen LogP contribution in [-0.2, 0) is 12.6 Å². The summed E-state index contributed by atoms with van der Waals surface area (Å²) < 4.78 is 52.0. The number of hydrogen-bond donors (Lipinski definition) is 1. The second-order valence-corrected chi connectivity index (χ2v) is 9.07. The van der Waals surface area contributed by atoms with Crippen molar-refractivity contribution in [2.75, 3.05) is 26.2 Å². The summed E-state index contributed by atoms with van der Waals surface area (Å²) in [5.41, 5.74) is -0.928. The van der Waals surface area contributed by atoms with Crippen molar-refractivity contribution in [3.8, 4) is 0 Å². The normalized spacial score (nSPS) is 23.2. The highest BCUT2D eigenvalue weighted by Gasteiger charge is 2.54. The van der Waals surface area contributed by atoms with Crippen LogP contribution in [0.2, 0.25) is 0 Å². The minimum absolute atomic E-state index is 0.0338. The Hall–Kier alpha value is -2.72. The first kappa shape index (κ1) is 20.2. The third-order valence-corrected chi connectivity index (χ3v) is 6.77. The average molecular weight is 438 g/mol. The minimum Gasteiger partial charge on any atom is -0.324 e. The Morgan fingerprint density at radius 1 is 1.23 bits per heavy atom. The van der Waals surface area contributed by atoms with Gasteiger partial charge in [0.15, 0.2) is 0 Å². The van der Waals surface area contributed by atoms with Gasteiger partial charge in [0.05, 0.1) is 11.3 Å². The zero-order valence-electron chi connectivity index (χ0n) is 16.7. The molecule has 1 saturated carbocycles. The van der Waals surface area contributed by atoms with Crippen LogP contribution in [0.1, 0.15) is 42.3 Å². The molecule has 5 rings (SSSR count). The number of pyridine rings is 1. The summed E-state index contributed by atoms with van der Waals surface area (Å²) in [6, 6.07) is 0.550. The average Bonchev–Trinajstić information content (AvgIpc) is 3.33. The predicted octanol–water partition coefficient (Wildman–Crippen LogP) is 3.22. The van der Waals surface area contributed by atoms with Crippen molar-refractivity contribution >= 4 is 6.03 Å². The summed E-state index contributed by atoms with van der Waals surface area (Å²) in [7, 11) is 0. The lowest BCUT2D eigenvalue weighted by atomic mass is 9.57. The standard InChI is InChI=1S/C20H22F4N6O/c21-15-4-14(20(22,23)24)7-25-16(15)3-12-5-19(6-12)9-30(10-19)18(31)29-2-1-13(8-29)17-26-11-27-28-17/h4,7,11-13H,1-3,5-6,8-10H2,(H,26,27,28)/t13-/m0/s1. The van der Waals surface area contributed by atoms with Gasteiger partial charge in [0.2, 0.25) is 0 Å². The second kappa shape index (κ2) is 7.16. The predicted molar refractivity (Wildman–Crippen MR) is 100 cm³/mol. The van der Waals surface area contributed by atoms with Crippen LogP contribution in [0.25, 0.3) is 0 Å². The van der Waals surface area contributed by atoms with Crippen LogP contribution in [0.15, 0.2) is 18.6 Å². The molecule has 3 fully saturated rings. The topological polar surface area (TPSA) is 78.0 Å². The van der Waals surface area contributed by atoms with Gasteiger partial charge in [-0.05, 0) is 37.7 Å². The first-order valence-corrected chi connectivity index (χ1v) is 10.3. The van der Waals surface area contributed by atoms with Crippen molar-refractivity contribution in [3.63, 3.8) is 0 Å². The first-order chi connectivity index (χ1) is 14.7. The van der Waals surface area contributed by atoms with Crippen molar-refractivity contribution in [1.82, 2.24) is 30.0 Å². The number of carbonyl (C=O) groups is 1. The van der Waals surface area contributed by atoms with Gasteiger partial charge in [-0.3, -0.25) is 10.1 Å². The van der Waals surface area contributed by atoms with Crippen molar-refractivity contribution in [2.45, 2.75) is 37.8 Å². The molecule has 3 aliphatic rings. The molecule has 0 radical (unpaired) electrons. The summed E-state index contributed by atoms with van der Waals surface area (Å²) in [6.07, 6.45) is 0.410. The zero-order chi connectivity index (χ0) is 21.8. The van der Waals surface area contributed by atoms with Crippen LogP contribution >= 0.6 is 0 Å². The molecular formula is C20H22F4N6O. The maximum absolute atomic E-state index is 14.0. The summed E-state index contributed by atoms with van der Waals surface area (Å²) >= 11 is 0. The number of rotatable bonds is 3. The fourth-order valence-corrected chi connectivity index (χ4v) is 5.28. The van der Waals surface area contributed by atoms with E-state index in [0.29, 0.717) is 44.9 Å². The maximum atomic E-state index is 14.0. The fourth-order valence-electron chi connectivity index (χ4n) is 5.28. The third-order valence-electron chi connectivity index (χ3n) is 6.77. The number of aromatic amines is 1. The van der Waals surface area contributed by atoms with E-state index < -0.39 is 17.6 Å². The molecule has 0 unspecified atom stereocenters. The number of halogens is 4. The highest BCUT2D eigenvalue weighted by Crippen LogP contribution is 2.53. The number of carbonyl (C=O) groups excluding carboxylic acids is 1. The van der Waals surface area contributed by atoms with Crippen molar-refractivity contribution in [2.24, 2.45) is 11.3 Å². The van der Waals surface area contributed by atoms with Gasteiger partial charge in [0.25, 0.3) is 0 Å². The van der Waals surface area contributed by atoms with Gasteiger partial charge in [0.1, 0.15) is 18.0 Å². The molecule has 0 bridgehead atoms. The molecule has 1 N–H and O–H groups in total. The number of likely N-dealkylation sites (tertiary alicyclic amines) is 2. The van der Waals surface area contributed by atoms with E-state index in [1.165, 1.54) is 6.33 Å². The van der Waals surface area contributed by atoms with E-state index >= 15 is 0 Å². The molecule has 2 aromatic heterocycles. The quantitative estimate of drug-likeness (QED) is 0.747. The molecule has 2 saturated heterocycles. The Morgan fingerprint density at radius 2 is 2.00 bits per heavy atom. The van der Waals surface area contributed by atoms with Crippen LogP contribution in [0.3, 0.4) is 0 Å². The van der Waals surface area contributed by atoms with Gasteiger partial charge in [-0.25, -0.2) is 14.2 Å². The lowest BCUT2D eigenvalue weighted by molar-refractivity contribution is -0.138. The molecule has 1 atom stereocenters. The maximum Gasteiger partial charge on any atom is 0.417 e. The van der Waals surface area contributed by atoms with Gasteiger partial charge in [-0.15, -0.1) is 0 Å². The van der Waals surface area contributed by atoms with Crippen molar-refractivity contribution in [3.05, 3.63) is 41.5 Å². The monoisotopic (exact) mass is 438 g/mol. The molecule has 11 heteroatoms. The molecule has 2 aromatic rings. The molecule has 1 aliphatic carbocycles. The molecule has 2 amide bonds. The Labute approximate surface area is 175 Å². The zero-order valence-corrected chi connectivity index (χ0v) is 16.7. The van der Waals surface area contributed by atoms with Gasteiger partial charge in [-0.1, -0.05) is 0 Å². The molecule has 31 heavy (non-hydrogen) atoms. The summed E-state index contributed by atoms with van der Waals surface area (Å²) in [5, 5.41) is 6.73. The Morgan fingerprint density at radius 3 is 2.65 bits per heavy atom. The number of amides is 2. The second-order valence-electron chi connectivity index (χ2n) is 9.07. The van der Waals surface area contributed by atoms with E-state index in [1.54, 1.807) is 0 Å². The number of nitrogens with one attached hydrogen (secondary N) is 1. The van der Waals surface area contributed by atoms with E-state index in [0.717, 1.165) is 25.1 Å². The molecule has 0 aromatic carbocycles. The lowest BCUT2D eigenvalue weighted by Gasteiger charge is -2.59. The van der Waals surface area contributed by atoms with Crippen molar-refractivity contribution in [1.29, 1.82) is 0 Å². The van der Waals surface area contributed by atoms with Gasteiger partial charge < -0.3 is 9.80 Å². The lowest BCUT2D eigenvalue weighted by Crippen LogP contribution is -2.65. The fraction of sp³-hybridized carbons (Fsp3) is 0.600. The van der Waals surface area contributed by atoms with E-state index in [9.17, 15) is 22.4 Å². The van der Waals surface area contributed by atoms with Crippen LogP contribution in [0.5, 0.6) is 0 Å². The number of alkyl halides is 3. The Bertz CT molecular complexity index is 965. The summed E-state index contributed by atoms with van der Waals surface area (Å²) in [4.78, 5) is 24.3. The van der Waals surface area contributed by atoms with Crippen LogP contribution in [0.4, 0.5) is 22.4 Å². The molecule has 166 valence electrons. The van der Waals surface area contributed by atoms with E-state index in [2.05, 4.69) is 20.2 Å². The minimum atomic E-state index is -4.60. The van der Waals surface area contributed by atoms with Gasteiger partial charge in [0, 0.05) is 43.7 Å². The Kier molecular flexibility index (Phi) is 4.67. The van der Waals surface area contributed by atoms with Gasteiger partial charge in [-0.2, -0.15) is 18.3 Å². The summed E-state index contributed by atoms with van der Waals surface area (Å²) in [5.74, 6) is 0.261. The molecule has 1 spiro atoms. The van der Waals surface area contributed by atoms with E-state index in [-0.39, 0.29) is 29.0 Å². The van der Waals surface area contributed by atoms with Crippen LogP contribution in [-0.4, -0.2) is 62.2 Å². The number of H-pyrrole nitrogens is 1. The number of urea groups is 1. The largest absolute Gasteiger partial charge is 0.417 e. The number of aromatic nitrogens is 4.